The van der Waals surface area contributed by atoms with Crippen LogP contribution in [-0.4, -0.2) is 55.0 Å². The van der Waals surface area contributed by atoms with E-state index >= 15 is 0 Å². The van der Waals surface area contributed by atoms with Gasteiger partial charge in [0.15, 0.2) is 0 Å². The molecule has 1 saturated carbocycles. The van der Waals surface area contributed by atoms with Gasteiger partial charge in [0.2, 0.25) is 0 Å². The number of nitrogens with zero attached hydrogens (tertiary/aromatic N) is 1. The molecular formula is C15H28NO3+. The molecule has 0 bridgehead atoms. The lowest BCUT2D eigenvalue weighted by Gasteiger charge is -2.42. The molecule has 1 N–H and O–H groups in total. The second kappa shape index (κ2) is 7.06. The number of aliphatic hydroxyl groups is 1. The van der Waals surface area contributed by atoms with E-state index < -0.39 is 0 Å². The SMILES string of the molecule is C=C(C)C(=O)OCCC[N+](C)(C)C1CCCCC1O. The van der Waals surface area contributed by atoms with Crippen LogP contribution in [0.3, 0.4) is 0 Å². The van der Waals surface area contributed by atoms with Crippen molar-refractivity contribution in [1.29, 1.82) is 0 Å². The second-order valence-corrected chi connectivity index (χ2v) is 6.19. The zero-order valence-electron chi connectivity index (χ0n) is 12.5. The quantitative estimate of drug-likeness (QED) is 0.347. The highest BCUT2D eigenvalue weighted by Gasteiger charge is 2.35. The van der Waals surface area contributed by atoms with E-state index in [0.717, 1.165) is 36.7 Å². The number of carbonyl (C=O) groups excluding carboxylic acids is 1. The van der Waals surface area contributed by atoms with Crippen molar-refractivity contribution in [3.8, 4) is 0 Å². The summed E-state index contributed by atoms with van der Waals surface area (Å²) in [6.07, 6.45) is 4.95. The Bertz CT molecular complexity index is 325. The average Bonchev–Trinajstić information content (AvgIpc) is 2.34. The Kier molecular flexibility index (Phi) is 6.01. The largest absolute Gasteiger partial charge is 0.462 e. The average molecular weight is 270 g/mol. The van der Waals surface area contributed by atoms with Crippen LogP contribution in [-0.2, 0) is 9.53 Å². The molecule has 0 heterocycles. The summed E-state index contributed by atoms with van der Waals surface area (Å²) >= 11 is 0. The smallest absolute Gasteiger partial charge is 0.333 e. The lowest BCUT2D eigenvalue weighted by Crippen LogP contribution is -2.56. The molecule has 2 unspecified atom stereocenters. The first-order valence-corrected chi connectivity index (χ1v) is 7.18. The van der Waals surface area contributed by atoms with Gasteiger partial charge in [-0.25, -0.2) is 4.79 Å². The van der Waals surface area contributed by atoms with Crippen LogP contribution in [0.2, 0.25) is 0 Å². The lowest BCUT2D eigenvalue weighted by atomic mass is 9.90. The van der Waals surface area contributed by atoms with Gasteiger partial charge in [-0.15, -0.1) is 0 Å². The zero-order chi connectivity index (χ0) is 14.5. The van der Waals surface area contributed by atoms with Gasteiger partial charge in [0.05, 0.1) is 27.2 Å². The summed E-state index contributed by atoms with van der Waals surface area (Å²) in [6, 6.07) is 0.311. The zero-order valence-corrected chi connectivity index (χ0v) is 12.5. The van der Waals surface area contributed by atoms with Crippen molar-refractivity contribution in [3.63, 3.8) is 0 Å². The van der Waals surface area contributed by atoms with Crippen LogP contribution < -0.4 is 0 Å². The molecule has 1 aliphatic rings. The first kappa shape index (κ1) is 16.2. The third-order valence-corrected chi connectivity index (χ3v) is 4.05. The third-order valence-electron chi connectivity index (χ3n) is 4.05. The van der Waals surface area contributed by atoms with Crippen molar-refractivity contribution in [2.24, 2.45) is 0 Å². The minimum absolute atomic E-state index is 0.193. The minimum Gasteiger partial charge on any atom is -0.462 e. The van der Waals surface area contributed by atoms with Gasteiger partial charge < -0.3 is 14.3 Å². The Morgan fingerprint density at radius 1 is 1.37 bits per heavy atom. The van der Waals surface area contributed by atoms with Crippen molar-refractivity contribution in [1.82, 2.24) is 0 Å². The molecule has 0 aromatic heterocycles. The molecule has 0 aliphatic heterocycles. The van der Waals surface area contributed by atoms with Gasteiger partial charge in [0.1, 0.15) is 12.1 Å². The van der Waals surface area contributed by atoms with E-state index in [2.05, 4.69) is 20.7 Å². The number of ether oxygens (including phenoxy) is 1. The van der Waals surface area contributed by atoms with Crippen molar-refractivity contribution >= 4 is 5.97 Å². The van der Waals surface area contributed by atoms with Crippen molar-refractivity contribution in [3.05, 3.63) is 12.2 Å². The molecule has 4 nitrogen and oxygen atoms in total. The van der Waals surface area contributed by atoms with E-state index in [9.17, 15) is 9.90 Å². The molecule has 2 atom stereocenters. The highest BCUT2D eigenvalue weighted by atomic mass is 16.5. The molecule has 110 valence electrons. The van der Waals surface area contributed by atoms with Gasteiger partial charge in [-0.3, -0.25) is 0 Å². The molecule has 1 aliphatic carbocycles. The second-order valence-electron chi connectivity index (χ2n) is 6.19. The topological polar surface area (TPSA) is 46.5 Å². The highest BCUT2D eigenvalue weighted by Crippen LogP contribution is 2.26. The van der Waals surface area contributed by atoms with Crippen LogP contribution >= 0.6 is 0 Å². The van der Waals surface area contributed by atoms with E-state index in [-0.39, 0.29) is 12.1 Å². The number of carbonyl (C=O) groups is 1. The van der Waals surface area contributed by atoms with Gasteiger partial charge in [-0.2, -0.15) is 0 Å². The maximum absolute atomic E-state index is 11.3. The van der Waals surface area contributed by atoms with Crippen molar-refractivity contribution < 1.29 is 19.1 Å². The molecule has 0 radical (unpaired) electrons. The fraction of sp³-hybridized carbons (Fsp3) is 0.800. The maximum Gasteiger partial charge on any atom is 0.333 e. The summed E-state index contributed by atoms with van der Waals surface area (Å²) in [7, 11) is 4.31. The molecule has 0 amide bonds. The van der Waals surface area contributed by atoms with Crippen LogP contribution in [0.15, 0.2) is 12.2 Å². The van der Waals surface area contributed by atoms with Gasteiger partial charge in [0, 0.05) is 18.4 Å². The first-order chi connectivity index (χ1) is 8.84. The van der Waals surface area contributed by atoms with Crippen molar-refractivity contribution in [2.75, 3.05) is 27.2 Å². The Morgan fingerprint density at radius 3 is 2.58 bits per heavy atom. The molecule has 0 aromatic carbocycles. The van der Waals surface area contributed by atoms with Gasteiger partial charge in [-0.05, 0) is 19.8 Å². The summed E-state index contributed by atoms with van der Waals surface area (Å²) in [5, 5.41) is 10.1. The molecular weight excluding hydrogens is 242 g/mol. The summed E-state index contributed by atoms with van der Waals surface area (Å²) in [6.45, 7) is 6.54. The van der Waals surface area contributed by atoms with E-state index in [4.69, 9.17) is 4.74 Å². The fourth-order valence-electron chi connectivity index (χ4n) is 2.83. The van der Waals surface area contributed by atoms with Crippen LogP contribution in [0, 0.1) is 0 Å². The minimum atomic E-state index is -0.317. The lowest BCUT2D eigenvalue weighted by molar-refractivity contribution is -0.920. The molecule has 0 saturated heterocycles. The van der Waals surface area contributed by atoms with Gasteiger partial charge in [0.25, 0.3) is 0 Å². The van der Waals surface area contributed by atoms with Gasteiger partial charge >= 0.3 is 5.97 Å². The number of likely N-dealkylation sites (N-methyl/N-ethyl adjacent to an activating group) is 1. The summed E-state index contributed by atoms with van der Waals surface area (Å²) in [4.78, 5) is 11.3. The molecule has 0 aromatic rings. The number of aliphatic hydroxyl groups excluding tert-OH is 1. The Labute approximate surface area is 116 Å². The predicted octanol–water partition coefficient (Wildman–Crippen LogP) is 1.88. The van der Waals surface area contributed by atoms with E-state index in [0.29, 0.717) is 18.2 Å². The van der Waals surface area contributed by atoms with E-state index in [1.165, 1.54) is 6.42 Å². The van der Waals surface area contributed by atoms with Crippen LogP contribution in [0.25, 0.3) is 0 Å². The standard InChI is InChI=1S/C15H28NO3/c1-12(2)15(18)19-11-7-10-16(3,4)13-8-5-6-9-14(13)17/h13-14,17H,1,5-11H2,2-4H3/q+1. The number of quaternary nitrogens is 1. The van der Waals surface area contributed by atoms with E-state index in [1.54, 1.807) is 6.92 Å². The monoisotopic (exact) mass is 270 g/mol. The molecule has 1 rings (SSSR count). The number of hydrogen-bond donors (Lipinski definition) is 1. The molecule has 19 heavy (non-hydrogen) atoms. The van der Waals surface area contributed by atoms with Crippen LogP contribution in [0.5, 0.6) is 0 Å². The first-order valence-electron chi connectivity index (χ1n) is 7.18. The molecule has 0 spiro atoms. The molecule has 1 fully saturated rings. The summed E-state index contributed by atoms with van der Waals surface area (Å²) < 4.78 is 5.90. The van der Waals surface area contributed by atoms with E-state index in [1.807, 2.05) is 0 Å². The molecule has 4 heteroatoms. The number of rotatable bonds is 6. The number of hydrogen-bond acceptors (Lipinski definition) is 3. The van der Waals surface area contributed by atoms with Gasteiger partial charge in [-0.1, -0.05) is 13.0 Å². The van der Waals surface area contributed by atoms with Crippen LogP contribution in [0.1, 0.15) is 39.0 Å². The summed E-state index contributed by atoms with van der Waals surface area (Å²) in [5.74, 6) is -0.317. The number of esters is 1. The Hall–Kier alpha value is -0.870. The fourth-order valence-corrected chi connectivity index (χ4v) is 2.83. The maximum atomic E-state index is 11.3. The third kappa shape index (κ3) is 4.96. The predicted molar refractivity (Wildman–Crippen MR) is 75.6 cm³/mol. The summed E-state index contributed by atoms with van der Waals surface area (Å²) in [5.41, 5.74) is 0.441. The Balaban J connectivity index is 2.33. The highest BCUT2D eigenvalue weighted by molar-refractivity contribution is 5.86. The Morgan fingerprint density at radius 2 is 2.00 bits per heavy atom. The van der Waals surface area contributed by atoms with Crippen LogP contribution in [0.4, 0.5) is 0 Å². The normalized spacial score (nSPS) is 24.0. The van der Waals surface area contributed by atoms with Crippen molar-refractivity contribution in [2.45, 2.75) is 51.2 Å².